The average Bonchev–Trinajstić information content (AvgIpc) is 3.34. The third kappa shape index (κ3) is 3.95. The first kappa shape index (κ1) is 19.1. The maximum Gasteiger partial charge on any atom is 0.204 e. The highest BCUT2D eigenvalue weighted by Crippen LogP contribution is 2.26. The molecule has 5 aromatic rings. The standard InChI is InChI=1S/C24H18N4O2S/c29-31(30,23-13-12-18-4-1-2-5-21(18)15-23)16-17-8-10-19(11-9-17)20-6-3-7-22(14-20)24-25-27-28-26-24/h1-15H,16H2,(H,25,26,27,28). The molecule has 1 N–H and O–H groups in total. The van der Waals surface area contributed by atoms with E-state index in [9.17, 15) is 8.42 Å². The van der Waals surface area contributed by atoms with Crippen LogP contribution in [-0.4, -0.2) is 29.0 Å². The van der Waals surface area contributed by atoms with E-state index in [0.29, 0.717) is 10.7 Å². The largest absolute Gasteiger partial charge is 0.223 e. The molecule has 0 amide bonds. The molecule has 1 heterocycles. The lowest BCUT2D eigenvalue weighted by Crippen LogP contribution is -2.05. The van der Waals surface area contributed by atoms with Crippen LogP contribution in [-0.2, 0) is 15.6 Å². The normalized spacial score (nSPS) is 11.6. The molecule has 6 nitrogen and oxygen atoms in total. The molecule has 0 bridgehead atoms. The summed E-state index contributed by atoms with van der Waals surface area (Å²) >= 11 is 0. The quantitative estimate of drug-likeness (QED) is 0.441. The Hall–Kier alpha value is -3.84. The zero-order chi connectivity index (χ0) is 21.3. The lowest BCUT2D eigenvalue weighted by molar-refractivity contribution is 0.595. The third-order valence-corrected chi connectivity index (χ3v) is 6.88. The lowest BCUT2D eigenvalue weighted by atomic mass is 10.0. The first-order valence-corrected chi connectivity index (χ1v) is 11.4. The number of hydrogen-bond acceptors (Lipinski definition) is 5. The fourth-order valence-electron chi connectivity index (χ4n) is 3.58. The van der Waals surface area contributed by atoms with Crippen LogP contribution in [0.1, 0.15) is 5.56 Å². The number of aromatic nitrogens is 4. The van der Waals surface area contributed by atoms with Crippen LogP contribution < -0.4 is 0 Å². The number of nitrogens with one attached hydrogen (secondary N) is 1. The molecule has 0 atom stereocenters. The van der Waals surface area contributed by atoms with Crippen LogP contribution in [0.25, 0.3) is 33.3 Å². The van der Waals surface area contributed by atoms with Crippen LogP contribution in [0.2, 0.25) is 0 Å². The summed E-state index contributed by atoms with van der Waals surface area (Å²) < 4.78 is 25.9. The zero-order valence-corrected chi connectivity index (χ0v) is 17.3. The smallest absolute Gasteiger partial charge is 0.204 e. The van der Waals surface area contributed by atoms with Crippen molar-refractivity contribution in [3.63, 3.8) is 0 Å². The van der Waals surface area contributed by atoms with Gasteiger partial charge >= 0.3 is 0 Å². The van der Waals surface area contributed by atoms with Crippen molar-refractivity contribution in [2.75, 3.05) is 0 Å². The Kier molecular flexibility index (Phi) is 4.80. The van der Waals surface area contributed by atoms with Gasteiger partial charge in [0.25, 0.3) is 0 Å². The van der Waals surface area contributed by atoms with Crippen molar-refractivity contribution in [2.45, 2.75) is 10.6 Å². The molecule has 31 heavy (non-hydrogen) atoms. The molecule has 0 aliphatic heterocycles. The van der Waals surface area contributed by atoms with Crippen molar-refractivity contribution < 1.29 is 8.42 Å². The number of aromatic amines is 1. The topological polar surface area (TPSA) is 88.6 Å². The first-order chi connectivity index (χ1) is 15.1. The van der Waals surface area contributed by atoms with Crippen LogP contribution in [0.15, 0.2) is 95.9 Å². The van der Waals surface area contributed by atoms with Gasteiger partial charge in [-0.25, -0.2) is 8.42 Å². The van der Waals surface area contributed by atoms with Crippen molar-refractivity contribution in [1.29, 1.82) is 0 Å². The molecule has 5 rings (SSSR count). The van der Waals surface area contributed by atoms with Gasteiger partial charge in [-0.3, -0.25) is 0 Å². The van der Waals surface area contributed by atoms with Crippen molar-refractivity contribution in [3.05, 3.63) is 96.6 Å². The number of H-pyrrole nitrogens is 1. The first-order valence-electron chi connectivity index (χ1n) is 9.73. The molecule has 0 fully saturated rings. The minimum Gasteiger partial charge on any atom is -0.223 e. The molecule has 7 heteroatoms. The molecular formula is C24H18N4O2S. The van der Waals surface area contributed by atoms with Gasteiger partial charge in [-0.1, -0.05) is 72.8 Å². The van der Waals surface area contributed by atoms with Gasteiger partial charge < -0.3 is 0 Å². The highest BCUT2D eigenvalue weighted by molar-refractivity contribution is 7.90. The highest BCUT2D eigenvalue weighted by atomic mass is 32.2. The number of tetrazole rings is 1. The summed E-state index contributed by atoms with van der Waals surface area (Å²) in [6.07, 6.45) is 0. The Balaban J connectivity index is 1.39. The SMILES string of the molecule is O=S(=O)(Cc1ccc(-c2cccc(-c3nn[nH]n3)c2)cc1)c1ccc2ccccc2c1. The van der Waals surface area contributed by atoms with Gasteiger partial charge in [0.1, 0.15) is 0 Å². The lowest BCUT2D eigenvalue weighted by Gasteiger charge is -2.08. The van der Waals surface area contributed by atoms with E-state index in [-0.39, 0.29) is 5.75 Å². The molecule has 152 valence electrons. The molecule has 4 aromatic carbocycles. The summed E-state index contributed by atoms with van der Waals surface area (Å²) in [6, 6.07) is 28.4. The maximum atomic E-state index is 13.0. The number of nitrogens with zero attached hydrogens (tertiary/aromatic N) is 3. The highest BCUT2D eigenvalue weighted by Gasteiger charge is 2.16. The molecule has 0 spiro atoms. The van der Waals surface area contributed by atoms with Crippen LogP contribution in [0.4, 0.5) is 0 Å². The van der Waals surface area contributed by atoms with Gasteiger partial charge in [-0.05, 0) is 50.9 Å². The Bertz CT molecular complexity index is 1460. The summed E-state index contributed by atoms with van der Waals surface area (Å²) in [4.78, 5) is 0.336. The summed E-state index contributed by atoms with van der Waals surface area (Å²) in [5.74, 6) is 0.481. The second kappa shape index (κ2) is 7.77. The predicted octanol–water partition coefficient (Wildman–Crippen LogP) is 4.66. The van der Waals surface area contributed by atoms with Gasteiger partial charge in [0.05, 0.1) is 10.6 Å². The van der Waals surface area contributed by atoms with E-state index in [1.165, 1.54) is 0 Å². The summed E-state index contributed by atoms with van der Waals surface area (Å²) in [7, 11) is -3.45. The summed E-state index contributed by atoms with van der Waals surface area (Å²) in [5, 5.41) is 16.0. The molecule has 0 radical (unpaired) electrons. The summed E-state index contributed by atoms with van der Waals surface area (Å²) in [5.41, 5.74) is 3.57. The van der Waals surface area contributed by atoms with E-state index >= 15 is 0 Å². The van der Waals surface area contributed by atoms with E-state index in [0.717, 1.165) is 33.0 Å². The molecule has 0 aliphatic carbocycles. The molecule has 1 aromatic heterocycles. The monoisotopic (exact) mass is 426 g/mol. The average molecular weight is 427 g/mol. The van der Waals surface area contributed by atoms with Gasteiger partial charge in [0, 0.05) is 5.56 Å². The van der Waals surface area contributed by atoms with Crippen LogP contribution >= 0.6 is 0 Å². The second-order valence-corrected chi connectivity index (χ2v) is 9.27. The van der Waals surface area contributed by atoms with E-state index in [1.807, 2.05) is 78.9 Å². The Morgan fingerprint density at radius 3 is 2.26 bits per heavy atom. The third-order valence-electron chi connectivity index (χ3n) is 5.19. The van der Waals surface area contributed by atoms with Gasteiger partial charge in [-0.2, -0.15) is 5.21 Å². The fraction of sp³-hybridized carbons (Fsp3) is 0.0417. The molecule has 0 unspecified atom stereocenters. The van der Waals surface area contributed by atoms with Crippen LogP contribution in [0.5, 0.6) is 0 Å². The van der Waals surface area contributed by atoms with Crippen molar-refractivity contribution >= 4 is 20.6 Å². The number of hydrogen-bond donors (Lipinski definition) is 1. The zero-order valence-electron chi connectivity index (χ0n) is 16.4. The molecule has 0 saturated carbocycles. The fourth-order valence-corrected chi connectivity index (χ4v) is 4.96. The minimum absolute atomic E-state index is 0.0471. The predicted molar refractivity (Wildman–Crippen MR) is 120 cm³/mol. The Morgan fingerprint density at radius 1 is 0.710 bits per heavy atom. The van der Waals surface area contributed by atoms with Crippen molar-refractivity contribution in [3.8, 4) is 22.5 Å². The summed E-state index contributed by atoms with van der Waals surface area (Å²) in [6.45, 7) is 0. The van der Waals surface area contributed by atoms with E-state index in [1.54, 1.807) is 12.1 Å². The van der Waals surface area contributed by atoms with E-state index < -0.39 is 9.84 Å². The van der Waals surface area contributed by atoms with Crippen molar-refractivity contribution in [2.24, 2.45) is 0 Å². The van der Waals surface area contributed by atoms with Gasteiger partial charge in [0.2, 0.25) is 5.82 Å². The number of rotatable bonds is 5. The molecule has 0 aliphatic rings. The van der Waals surface area contributed by atoms with Crippen molar-refractivity contribution in [1.82, 2.24) is 20.6 Å². The molecular weight excluding hydrogens is 408 g/mol. The molecule has 0 saturated heterocycles. The van der Waals surface area contributed by atoms with Gasteiger partial charge in [-0.15, -0.1) is 10.2 Å². The van der Waals surface area contributed by atoms with E-state index in [4.69, 9.17) is 0 Å². The van der Waals surface area contributed by atoms with Gasteiger partial charge in [0.15, 0.2) is 9.84 Å². The Morgan fingerprint density at radius 2 is 1.48 bits per heavy atom. The van der Waals surface area contributed by atoms with Crippen LogP contribution in [0.3, 0.4) is 0 Å². The number of fused-ring (bicyclic) bond motifs is 1. The Labute approximate surface area is 179 Å². The second-order valence-electron chi connectivity index (χ2n) is 7.28. The van der Waals surface area contributed by atoms with Crippen LogP contribution in [0, 0.1) is 0 Å². The minimum atomic E-state index is -3.45. The number of benzene rings is 4. The maximum absolute atomic E-state index is 13.0. The number of sulfone groups is 1. The van der Waals surface area contributed by atoms with E-state index in [2.05, 4.69) is 20.6 Å².